The Labute approximate surface area is 116 Å². The standard InChI is InChI=1S/C16H24N2O/c1-18(2,12-14-8-4-3-5-9-14)16-11-7-6-10-15(16)17-13-19/h3-5,8-9,13,15-16H,6-7,10-12H2,1-2H3/p+1/t15-,16-/m1/s1. The molecule has 1 amide bonds. The van der Waals surface area contributed by atoms with E-state index in [-0.39, 0.29) is 0 Å². The summed E-state index contributed by atoms with van der Waals surface area (Å²) in [6.45, 7) is 1.02. The van der Waals surface area contributed by atoms with Crippen molar-refractivity contribution in [1.82, 2.24) is 5.32 Å². The Bertz CT molecular complexity index is 402. The van der Waals surface area contributed by atoms with Crippen LogP contribution in [0.4, 0.5) is 0 Å². The molecule has 1 N–H and O–H groups in total. The molecule has 1 aromatic carbocycles. The van der Waals surface area contributed by atoms with E-state index in [1.165, 1.54) is 24.8 Å². The van der Waals surface area contributed by atoms with Crippen molar-refractivity contribution in [3.05, 3.63) is 35.9 Å². The molecule has 2 rings (SSSR count). The molecule has 0 aliphatic heterocycles. The summed E-state index contributed by atoms with van der Waals surface area (Å²) in [5.74, 6) is 0. The summed E-state index contributed by atoms with van der Waals surface area (Å²) in [6.07, 6.45) is 5.68. The van der Waals surface area contributed by atoms with Gasteiger partial charge in [0, 0.05) is 12.0 Å². The highest BCUT2D eigenvalue weighted by atomic mass is 16.1. The lowest BCUT2D eigenvalue weighted by Crippen LogP contribution is -2.58. The minimum absolute atomic E-state index is 0.324. The van der Waals surface area contributed by atoms with Crippen molar-refractivity contribution in [2.45, 2.75) is 44.3 Å². The van der Waals surface area contributed by atoms with Gasteiger partial charge in [0.1, 0.15) is 12.6 Å². The van der Waals surface area contributed by atoms with Crippen LogP contribution in [0, 0.1) is 0 Å². The molecule has 0 bridgehead atoms. The third-order valence-electron chi connectivity index (χ3n) is 4.34. The number of nitrogens with one attached hydrogen (secondary N) is 1. The van der Waals surface area contributed by atoms with Gasteiger partial charge >= 0.3 is 0 Å². The largest absolute Gasteiger partial charge is 0.350 e. The zero-order valence-corrected chi connectivity index (χ0v) is 12.0. The van der Waals surface area contributed by atoms with Crippen LogP contribution in [0.5, 0.6) is 0 Å². The number of hydrogen-bond donors (Lipinski definition) is 1. The van der Waals surface area contributed by atoms with Crippen LogP contribution in [0.3, 0.4) is 0 Å². The molecule has 0 heterocycles. The number of benzene rings is 1. The van der Waals surface area contributed by atoms with E-state index >= 15 is 0 Å². The monoisotopic (exact) mass is 261 g/mol. The van der Waals surface area contributed by atoms with E-state index in [9.17, 15) is 4.79 Å². The maximum atomic E-state index is 10.8. The second-order valence-corrected chi connectivity index (χ2v) is 6.17. The Balaban J connectivity index is 2.09. The van der Waals surface area contributed by atoms with Crippen molar-refractivity contribution in [1.29, 1.82) is 0 Å². The summed E-state index contributed by atoms with van der Waals surface area (Å²) in [5.41, 5.74) is 1.36. The average molecular weight is 261 g/mol. The molecule has 0 aromatic heterocycles. The third-order valence-corrected chi connectivity index (χ3v) is 4.34. The van der Waals surface area contributed by atoms with Gasteiger partial charge in [-0.15, -0.1) is 0 Å². The first-order chi connectivity index (χ1) is 9.13. The van der Waals surface area contributed by atoms with Crippen LogP contribution in [0.1, 0.15) is 31.2 Å². The highest BCUT2D eigenvalue weighted by molar-refractivity contribution is 5.46. The Kier molecular flexibility index (Phi) is 4.59. The first-order valence-electron chi connectivity index (χ1n) is 7.20. The van der Waals surface area contributed by atoms with Gasteiger partial charge in [-0.3, -0.25) is 4.79 Å². The van der Waals surface area contributed by atoms with Gasteiger partial charge in [-0.2, -0.15) is 0 Å². The first-order valence-corrected chi connectivity index (χ1v) is 7.20. The van der Waals surface area contributed by atoms with Gasteiger partial charge in [0.15, 0.2) is 0 Å². The average Bonchev–Trinajstić information content (AvgIpc) is 2.40. The fourth-order valence-electron chi connectivity index (χ4n) is 3.40. The number of amides is 1. The lowest BCUT2D eigenvalue weighted by Gasteiger charge is -2.44. The fraction of sp³-hybridized carbons (Fsp3) is 0.562. The highest BCUT2D eigenvalue weighted by Crippen LogP contribution is 2.27. The lowest BCUT2D eigenvalue weighted by atomic mass is 9.88. The van der Waals surface area contributed by atoms with Crippen molar-refractivity contribution in [3.8, 4) is 0 Å². The van der Waals surface area contributed by atoms with Crippen LogP contribution in [0.2, 0.25) is 0 Å². The molecule has 0 spiro atoms. The van der Waals surface area contributed by atoms with Gasteiger partial charge < -0.3 is 9.80 Å². The van der Waals surface area contributed by atoms with Gasteiger partial charge in [-0.05, 0) is 12.8 Å². The molecule has 1 aliphatic carbocycles. The Morgan fingerprint density at radius 2 is 1.89 bits per heavy atom. The molecule has 3 heteroatoms. The zero-order chi connectivity index (χ0) is 13.7. The van der Waals surface area contributed by atoms with Crippen LogP contribution in [-0.4, -0.2) is 37.1 Å². The van der Waals surface area contributed by atoms with Crippen molar-refractivity contribution in [2.24, 2.45) is 0 Å². The second-order valence-electron chi connectivity index (χ2n) is 6.17. The van der Waals surface area contributed by atoms with Crippen molar-refractivity contribution >= 4 is 6.41 Å². The molecular formula is C16H25N2O+. The highest BCUT2D eigenvalue weighted by Gasteiger charge is 2.37. The Morgan fingerprint density at radius 3 is 2.58 bits per heavy atom. The van der Waals surface area contributed by atoms with Crippen molar-refractivity contribution in [3.63, 3.8) is 0 Å². The summed E-state index contributed by atoms with van der Waals surface area (Å²) in [5, 5.41) is 3.03. The summed E-state index contributed by atoms with van der Waals surface area (Å²) in [6, 6.07) is 11.5. The number of quaternary nitrogens is 1. The summed E-state index contributed by atoms with van der Waals surface area (Å²) in [7, 11) is 4.56. The van der Waals surface area contributed by atoms with E-state index in [4.69, 9.17) is 0 Å². The molecule has 104 valence electrons. The lowest BCUT2D eigenvalue weighted by molar-refractivity contribution is -0.930. The van der Waals surface area contributed by atoms with Crippen LogP contribution >= 0.6 is 0 Å². The predicted molar refractivity (Wildman–Crippen MR) is 77.5 cm³/mol. The second kappa shape index (κ2) is 6.20. The van der Waals surface area contributed by atoms with Crippen molar-refractivity contribution in [2.75, 3.05) is 14.1 Å². The molecule has 1 fully saturated rings. The fourth-order valence-corrected chi connectivity index (χ4v) is 3.40. The van der Waals surface area contributed by atoms with Crippen molar-refractivity contribution < 1.29 is 9.28 Å². The van der Waals surface area contributed by atoms with Crippen LogP contribution in [0.25, 0.3) is 0 Å². The third kappa shape index (κ3) is 3.57. The summed E-state index contributed by atoms with van der Waals surface area (Å²) in [4.78, 5) is 10.8. The zero-order valence-electron chi connectivity index (χ0n) is 12.0. The van der Waals surface area contributed by atoms with Gasteiger partial charge in [0.2, 0.25) is 6.41 Å². The number of likely N-dealkylation sites (N-methyl/N-ethyl adjacent to an activating group) is 1. The number of carbonyl (C=O) groups is 1. The van der Waals surface area contributed by atoms with Gasteiger partial charge in [-0.25, -0.2) is 0 Å². The van der Waals surface area contributed by atoms with Crippen LogP contribution in [-0.2, 0) is 11.3 Å². The smallest absolute Gasteiger partial charge is 0.207 e. The first kappa shape index (κ1) is 14.1. The molecule has 1 saturated carbocycles. The predicted octanol–water partition coefficient (Wildman–Crippen LogP) is 2.32. The van der Waals surface area contributed by atoms with E-state index in [0.717, 1.165) is 23.9 Å². The van der Waals surface area contributed by atoms with Crippen LogP contribution < -0.4 is 5.32 Å². The van der Waals surface area contributed by atoms with E-state index in [0.29, 0.717) is 12.1 Å². The number of carbonyl (C=O) groups excluding carboxylic acids is 1. The van der Waals surface area contributed by atoms with Crippen LogP contribution in [0.15, 0.2) is 30.3 Å². The Morgan fingerprint density at radius 1 is 1.21 bits per heavy atom. The van der Waals surface area contributed by atoms with Gasteiger partial charge in [0.25, 0.3) is 0 Å². The number of rotatable bonds is 5. The number of hydrogen-bond acceptors (Lipinski definition) is 1. The Hall–Kier alpha value is -1.35. The molecule has 2 atom stereocenters. The molecule has 0 saturated heterocycles. The van der Waals surface area contributed by atoms with E-state index < -0.39 is 0 Å². The molecule has 19 heavy (non-hydrogen) atoms. The van der Waals surface area contributed by atoms with E-state index in [2.05, 4.69) is 49.7 Å². The molecule has 0 unspecified atom stereocenters. The summed E-state index contributed by atoms with van der Waals surface area (Å²) >= 11 is 0. The summed E-state index contributed by atoms with van der Waals surface area (Å²) < 4.78 is 0.940. The van der Waals surface area contributed by atoms with Gasteiger partial charge in [0.05, 0.1) is 20.1 Å². The SMILES string of the molecule is C[N+](C)(Cc1ccccc1)[C@@H]1CCCC[C@H]1NC=O. The molecular weight excluding hydrogens is 236 g/mol. The normalized spacial score (nSPS) is 23.9. The topological polar surface area (TPSA) is 29.1 Å². The number of nitrogens with zero attached hydrogens (tertiary/aromatic N) is 1. The van der Waals surface area contributed by atoms with Gasteiger partial charge in [-0.1, -0.05) is 36.8 Å². The molecule has 0 radical (unpaired) electrons. The maximum Gasteiger partial charge on any atom is 0.207 e. The molecule has 3 nitrogen and oxygen atoms in total. The molecule has 1 aliphatic rings. The van der Waals surface area contributed by atoms with E-state index in [1.54, 1.807) is 0 Å². The minimum Gasteiger partial charge on any atom is -0.350 e. The molecule has 1 aromatic rings. The maximum absolute atomic E-state index is 10.8. The quantitative estimate of drug-likeness (QED) is 0.639. The van der Waals surface area contributed by atoms with E-state index in [1.807, 2.05) is 0 Å². The minimum atomic E-state index is 0.324.